The van der Waals surface area contributed by atoms with Gasteiger partial charge in [0, 0.05) is 6.04 Å². The zero-order valence-corrected chi connectivity index (χ0v) is 12.0. The highest BCUT2D eigenvalue weighted by Gasteiger charge is 2.14. The maximum absolute atomic E-state index is 5.99. The summed E-state index contributed by atoms with van der Waals surface area (Å²) in [6.45, 7) is 11.1. The lowest BCUT2D eigenvalue weighted by Gasteiger charge is -2.21. The lowest BCUT2D eigenvalue weighted by atomic mass is 9.84. The van der Waals surface area contributed by atoms with Crippen molar-refractivity contribution in [3.8, 4) is 0 Å². The summed E-state index contributed by atoms with van der Waals surface area (Å²) in [5.74, 6) is 0. The Kier molecular flexibility index (Phi) is 4.76. The summed E-state index contributed by atoms with van der Waals surface area (Å²) in [6, 6.07) is 7.19. The molecule has 1 nitrogen and oxygen atoms in total. The second-order valence-corrected chi connectivity index (χ2v) is 6.10. The molecule has 96 valence electrons. The molecule has 0 amide bonds. The highest BCUT2D eigenvalue weighted by molar-refractivity contribution is 5.34. The molecular formula is C16H27N. The molecule has 17 heavy (non-hydrogen) atoms. The van der Waals surface area contributed by atoms with E-state index in [0.29, 0.717) is 6.04 Å². The maximum atomic E-state index is 5.99. The van der Waals surface area contributed by atoms with E-state index in [1.165, 1.54) is 16.7 Å². The number of nitrogens with two attached hydrogens (primary N) is 1. The molecule has 1 unspecified atom stereocenters. The van der Waals surface area contributed by atoms with E-state index in [9.17, 15) is 0 Å². The van der Waals surface area contributed by atoms with Crippen molar-refractivity contribution in [1.29, 1.82) is 0 Å². The molecule has 0 saturated heterocycles. The van der Waals surface area contributed by atoms with E-state index in [1.54, 1.807) is 0 Å². The van der Waals surface area contributed by atoms with Crippen LogP contribution >= 0.6 is 0 Å². The summed E-state index contributed by atoms with van der Waals surface area (Å²) in [6.07, 6.45) is 3.26. The highest BCUT2D eigenvalue weighted by atomic mass is 14.6. The van der Waals surface area contributed by atoms with Crippen LogP contribution < -0.4 is 5.73 Å². The summed E-state index contributed by atoms with van der Waals surface area (Å²) in [4.78, 5) is 0. The van der Waals surface area contributed by atoms with Crippen molar-refractivity contribution < 1.29 is 0 Å². The van der Waals surface area contributed by atoms with Crippen LogP contribution in [0.25, 0.3) is 0 Å². The van der Waals surface area contributed by atoms with E-state index in [2.05, 4.69) is 52.8 Å². The van der Waals surface area contributed by atoms with Gasteiger partial charge in [0.15, 0.2) is 0 Å². The van der Waals surface area contributed by atoms with Gasteiger partial charge in [0.2, 0.25) is 0 Å². The van der Waals surface area contributed by atoms with Crippen LogP contribution in [0.2, 0.25) is 0 Å². The first kappa shape index (κ1) is 14.2. The van der Waals surface area contributed by atoms with Crippen molar-refractivity contribution in [3.63, 3.8) is 0 Å². The van der Waals surface area contributed by atoms with Crippen LogP contribution in [0.5, 0.6) is 0 Å². The van der Waals surface area contributed by atoms with Crippen LogP contribution in [0.1, 0.15) is 57.2 Å². The first-order valence-corrected chi connectivity index (χ1v) is 6.70. The van der Waals surface area contributed by atoms with Gasteiger partial charge >= 0.3 is 0 Å². The summed E-state index contributed by atoms with van der Waals surface area (Å²) in [5.41, 5.74) is 10.5. The van der Waals surface area contributed by atoms with E-state index in [1.807, 2.05) is 0 Å². The van der Waals surface area contributed by atoms with Crippen molar-refractivity contribution >= 4 is 0 Å². The Morgan fingerprint density at radius 2 is 1.88 bits per heavy atom. The molecule has 0 spiro atoms. The fraction of sp³-hybridized carbons (Fsp3) is 0.625. The summed E-state index contributed by atoms with van der Waals surface area (Å²) < 4.78 is 0. The van der Waals surface area contributed by atoms with Crippen LogP contribution in [0.4, 0.5) is 0 Å². The Hall–Kier alpha value is -0.820. The Bertz CT molecular complexity index is 360. The van der Waals surface area contributed by atoms with E-state index in [4.69, 9.17) is 5.73 Å². The van der Waals surface area contributed by atoms with Gasteiger partial charge < -0.3 is 5.73 Å². The summed E-state index contributed by atoms with van der Waals surface area (Å²) in [5, 5.41) is 0. The fourth-order valence-electron chi connectivity index (χ4n) is 1.95. The average molecular weight is 233 g/mol. The molecule has 0 radical (unpaired) electrons. The van der Waals surface area contributed by atoms with E-state index >= 15 is 0 Å². The minimum absolute atomic E-state index is 0.231. The fourth-order valence-corrected chi connectivity index (χ4v) is 1.95. The zero-order chi connectivity index (χ0) is 13.1. The number of aryl methyl sites for hydroxylation is 2. The standard InChI is InChI=1S/C16H27N/c1-6-15(17)10-8-13-11-14(16(3,4)5)9-7-12(13)2/h7,9,11,15H,6,8,10,17H2,1-5H3. The average Bonchev–Trinajstić information content (AvgIpc) is 2.26. The highest BCUT2D eigenvalue weighted by Crippen LogP contribution is 2.25. The Balaban J connectivity index is 2.84. The smallest absolute Gasteiger partial charge is 0.00393 e. The van der Waals surface area contributed by atoms with Gasteiger partial charge in [-0.15, -0.1) is 0 Å². The number of benzene rings is 1. The van der Waals surface area contributed by atoms with Crippen molar-refractivity contribution in [3.05, 3.63) is 34.9 Å². The Labute approximate surface area is 106 Å². The van der Waals surface area contributed by atoms with Crippen molar-refractivity contribution in [2.24, 2.45) is 5.73 Å². The van der Waals surface area contributed by atoms with E-state index in [-0.39, 0.29) is 5.41 Å². The van der Waals surface area contributed by atoms with Crippen molar-refractivity contribution in [2.75, 3.05) is 0 Å². The second-order valence-electron chi connectivity index (χ2n) is 6.10. The molecule has 2 N–H and O–H groups in total. The maximum Gasteiger partial charge on any atom is 0.00393 e. The van der Waals surface area contributed by atoms with Gasteiger partial charge in [0.05, 0.1) is 0 Å². The van der Waals surface area contributed by atoms with Gasteiger partial charge in [0.25, 0.3) is 0 Å². The van der Waals surface area contributed by atoms with Crippen LogP contribution in [-0.4, -0.2) is 6.04 Å². The van der Waals surface area contributed by atoms with Crippen LogP contribution in [0, 0.1) is 6.92 Å². The monoisotopic (exact) mass is 233 g/mol. The van der Waals surface area contributed by atoms with Gasteiger partial charge in [-0.2, -0.15) is 0 Å². The molecule has 0 aliphatic rings. The van der Waals surface area contributed by atoms with Crippen LogP contribution in [0.3, 0.4) is 0 Å². The number of rotatable bonds is 4. The lowest BCUT2D eigenvalue weighted by molar-refractivity contribution is 0.581. The molecule has 0 bridgehead atoms. The first-order chi connectivity index (χ1) is 7.84. The van der Waals surface area contributed by atoms with Gasteiger partial charge in [0.1, 0.15) is 0 Å². The second kappa shape index (κ2) is 5.68. The SMILES string of the molecule is CCC(N)CCc1cc(C(C)(C)C)ccc1C. The van der Waals surface area contributed by atoms with E-state index < -0.39 is 0 Å². The molecule has 0 aliphatic heterocycles. The molecule has 1 rings (SSSR count). The molecular weight excluding hydrogens is 206 g/mol. The summed E-state index contributed by atoms with van der Waals surface area (Å²) in [7, 11) is 0. The molecule has 0 fully saturated rings. The van der Waals surface area contributed by atoms with Crippen molar-refractivity contribution in [2.45, 2.75) is 65.3 Å². The van der Waals surface area contributed by atoms with Crippen molar-refractivity contribution in [1.82, 2.24) is 0 Å². The molecule has 1 atom stereocenters. The molecule has 1 heteroatoms. The van der Waals surface area contributed by atoms with Gasteiger partial charge in [-0.3, -0.25) is 0 Å². The lowest BCUT2D eigenvalue weighted by Crippen LogP contribution is -2.19. The molecule has 1 aromatic rings. The first-order valence-electron chi connectivity index (χ1n) is 6.70. The third-order valence-corrected chi connectivity index (χ3v) is 3.52. The predicted molar refractivity (Wildman–Crippen MR) is 76.5 cm³/mol. The van der Waals surface area contributed by atoms with Gasteiger partial charge in [-0.1, -0.05) is 45.9 Å². The van der Waals surface area contributed by atoms with E-state index in [0.717, 1.165) is 19.3 Å². The quantitative estimate of drug-likeness (QED) is 0.837. The molecule has 0 aliphatic carbocycles. The number of hydrogen-bond acceptors (Lipinski definition) is 1. The predicted octanol–water partition coefficient (Wildman–Crippen LogP) is 3.96. The Morgan fingerprint density at radius 1 is 1.24 bits per heavy atom. The largest absolute Gasteiger partial charge is 0.328 e. The minimum Gasteiger partial charge on any atom is -0.328 e. The Morgan fingerprint density at radius 3 is 2.41 bits per heavy atom. The number of hydrogen-bond donors (Lipinski definition) is 1. The third kappa shape index (κ3) is 4.16. The van der Waals surface area contributed by atoms with Gasteiger partial charge in [-0.25, -0.2) is 0 Å². The molecule has 1 aromatic carbocycles. The molecule has 0 aromatic heterocycles. The molecule has 0 heterocycles. The van der Waals surface area contributed by atoms with Crippen LogP contribution in [-0.2, 0) is 11.8 Å². The topological polar surface area (TPSA) is 26.0 Å². The minimum atomic E-state index is 0.231. The van der Waals surface area contributed by atoms with Gasteiger partial charge in [-0.05, 0) is 48.3 Å². The zero-order valence-electron chi connectivity index (χ0n) is 12.0. The summed E-state index contributed by atoms with van der Waals surface area (Å²) >= 11 is 0. The third-order valence-electron chi connectivity index (χ3n) is 3.52. The molecule has 0 saturated carbocycles. The van der Waals surface area contributed by atoms with Crippen LogP contribution in [0.15, 0.2) is 18.2 Å². The normalized spacial score (nSPS) is 13.8.